The van der Waals surface area contributed by atoms with Crippen molar-refractivity contribution >= 4 is 17.0 Å². The molecule has 208 valence electrons. The normalized spacial score (nSPS) is 23.5. The maximum absolute atomic E-state index is 12.2. The van der Waals surface area contributed by atoms with E-state index in [0.717, 1.165) is 24.4 Å². The van der Waals surface area contributed by atoms with Crippen molar-refractivity contribution in [3.63, 3.8) is 0 Å². The molecule has 3 aromatic rings. The molecular weight excluding hydrogens is 506 g/mol. The first-order chi connectivity index (χ1) is 18.8. The summed E-state index contributed by atoms with van der Waals surface area (Å²) in [6, 6.07) is 28.0. The number of fused-ring (bicyclic) bond motifs is 2. The quantitative estimate of drug-likeness (QED) is 0.360. The molecule has 5 unspecified atom stereocenters. The van der Waals surface area contributed by atoms with E-state index >= 15 is 0 Å². The molecule has 0 spiro atoms. The molecule has 39 heavy (non-hydrogen) atoms. The fraction of sp³-hybridized carbons (Fsp3) is 0.438. The van der Waals surface area contributed by atoms with Crippen molar-refractivity contribution in [2.24, 2.45) is 5.92 Å². The molecule has 2 aliphatic rings. The molecule has 0 aliphatic carbocycles. The number of hydrogen-bond donors (Lipinski definition) is 1. The molecule has 2 aliphatic heterocycles. The van der Waals surface area contributed by atoms with E-state index in [-0.39, 0.29) is 5.92 Å². The third-order valence-electron chi connectivity index (χ3n) is 8.23. The molecule has 0 amide bonds. The number of rotatable bonds is 9. The van der Waals surface area contributed by atoms with Crippen LogP contribution in [0.5, 0.6) is 5.75 Å². The second kappa shape index (κ2) is 11.8. The Morgan fingerprint density at radius 1 is 1.05 bits per heavy atom. The van der Waals surface area contributed by atoms with Crippen molar-refractivity contribution in [3.8, 4) is 5.75 Å². The predicted molar refractivity (Wildman–Crippen MR) is 158 cm³/mol. The van der Waals surface area contributed by atoms with Gasteiger partial charge in [0.2, 0.25) is 0 Å². The number of nitrogens with zero attached hydrogens (tertiary/aromatic N) is 2. The minimum absolute atomic E-state index is 0.250. The highest BCUT2D eigenvalue weighted by atomic mass is 32.2. The Balaban J connectivity index is 1.48. The molecule has 0 radical (unpaired) electrons. The third-order valence-corrected chi connectivity index (χ3v) is 9.29. The molecule has 2 bridgehead atoms. The monoisotopic (exact) mass is 546 g/mol. The van der Waals surface area contributed by atoms with Gasteiger partial charge in [-0.3, -0.25) is 13.4 Å². The highest BCUT2D eigenvalue weighted by molar-refractivity contribution is 7.80. The number of methoxy groups -OCH3 is 1. The minimum Gasteiger partial charge on any atom is -0.755 e. The number of benzene rings is 3. The van der Waals surface area contributed by atoms with Gasteiger partial charge >= 0.3 is 0 Å². The average molecular weight is 547 g/mol. The Morgan fingerprint density at radius 3 is 2.26 bits per heavy atom. The minimum atomic E-state index is -2.39. The SMILES string of the molecule is COc1ccc(N(S(=O)[O-])C(C)(C)C)cc1CNC1C2CCCN(C2)C1C(c1ccccc1)c1ccccc1. The maximum Gasteiger partial charge on any atom is 0.123 e. The fourth-order valence-corrected chi connectivity index (χ4v) is 7.41. The maximum atomic E-state index is 12.2. The van der Waals surface area contributed by atoms with Crippen LogP contribution in [0.25, 0.3) is 0 Å². The molecule has 5 rings (SSSR count). The summed E-state index contributed by atoms with van der Waals surface area (Å²) >= 11 is -2.39. The van der Waals surface area contributed by atoms with Crippen LogP contribution in [-0.4, -0.2) is 51.5 Å². The average Bonchev–Trinajstić information content (AvgIpc) is 3.16. The zero-order valence-corrected chi connectivity index (χ0v) is 24.2. The van der Waals surface area contributed by atoms with E-state index in [9.17, 15) is 8.76 Å². The van der Waals surface area contributed by atoms with E-state index < -0.39 is 16.8 Å². The number of anilines is 1. The number of ether oxygens (including phenoxy) is 1. The van der Waals surface area contributed by atoms with Crippen LogP contribution in [0.15, 0.2) is 78.9 Å². The molecule has 2 saturated heterocycles. The van der Waals surface area contributed by atoms with Crippen molar-refractivity contribution in [1.29, 1.82) is 0 Å². The zero-order valence-electron chi connectivity index (χ0n) is 23.4. The lowest BCUT2D eigenvalue weighted by molar-refractivity contribution is 0.204. The van der Waals surface area contributed by atoms with Crippen molar-refractivity contribution in [2.45, 2.75) is 63.7 Å². The molecule has 7 heteroatoms. The van der Waals surface area contributed by atoms with Crippen molar-refractivity contribution in [3.05, 3.63) is 95.6 Å². The topological polar surface area (TPSA) is 67.9 Å². The Morgan fingerprint density at radius 2 is 1.69 bits per heavy atom. The summed E-state index contributed by atoms with van der Waals surface area (Å²) < 4.78 is 31.5. The van der Waals surface area contributed by atoms with Gasteiger partial charge < -0.3 is 14.6 Å². The summed E-state index contributed by atoms with van der Waals surface area (Å²) in [5.74, 6) is 1.57. The summed E-state index contributed by atoms with van der Waals surface area (Å²) in [4.78, 5) is 2.69. The number of piperidine rings is 1. The lowest BCUT2D eigenvalue weighted by atomic mass is 9.80. The summed E-state index contributed by atoms with van der Waals surface area (Å²) in [5.41, 5.74) is 3.70. The molecule has 1 N–H and O–H groups in total. The van der Waals surface area contributed by atoms with E-state index in [2.05, 4.69) is 70.9 Å². The van der Waals surface area contributed by atoms with Gasteiger partial charge in [0.05, 0.1) is 7.11 Å². The highest BCUT2D eigenvalue weighted by Crippen LogP contribution is 2.42. The van der Waals surface area contributed by atoms with Crippen LogP contribution in [0.4, 0.5) is 5.69 Å². The molecule has 2 heterocycles. The van der Waals surface area contributed by atoms with Gasteiger partial charge in [-0.05, 0) is 75.4 Å². The van der Waals surface area contributed by atoms with Gasteiger partial charge in [0.1, 0.15) is 5.75 Å². The first-order valence-corrected chi connectivity index (χ1v) is 14.9. The summed E-state index contributed by atoms with van der Waals surface area (Å²) in [7, 11) is 1.67. The fourth-order valence-electron chi connectivity index (χ4n) is 6.68. The smallest absolute Gasteiger partial charge is 0.123 e. The summed E-state index contributed by atoms with van der Waals surface area (Å²) in [6.07, 6.45) is 2.43. The van der Waals surface area contributed by atoms with Crippen molar-refractivity contribution in [1.82, 2.24) is 10.2 Å². The van der Waals surface area contributed by atoms with E-state index in [1.807, 2.05) is 39.0 Å². The molecular formula is C32H40N3O3S-. The van der Waals surface area contributed by atoms with Crippen molar-refractivity contribution in [2.75, 3.05) is 24.5 Å². The lowest BCUT2D eigenvalue weighted by Gasteiger charge is -2.38. The van der Waals surface area contributed by atoms with Gasteiger partial charge in [-0.15, -0.1) is 0 Å². The second-order valence-corrected chi connectivity index (χ2v) is 12.6. The Labute approximate surface area is 235 Å². The first-order valence-electron chi connectivity index (χ1n) is 13.9. The van der Waals surface area contributed by atoms with Crippen LogP contribution in [0.3, 0.4) is 0 Å². The lowest BCUT2D eigenvalue weighted by Crippen LogP contribution is -2.47. The second-order valence-electron chi connectivity index (χ2n) is 11.8. The van der Waals surface area contributed by atoms with Gasteiger partial charge in [-0.25, -0.2) is 0 Å². The van der Waals surface area contributed by atoms with Gasteiger partial charge in [0.25, 0.3) is 0 Å². The Kier molecular flexibility index (Phi) is 8.43. The number of nitrogens with one attached hydrogen (secondary N) is 1. The van der Waals surface area contributed by atoms with Crippen LogP contribution in [0.1, 0.15) is 56.2 Å². The Hall–Kier alpha value is -2.71. The molecule has 5 atom stereocenters. The third kappa shape index (κ3) is 5.92. The molecule has 3 aromatic carbocycles. The molecule has 0 saturated carbocycles. The highest BCUT2D eigenvalue weighted by Gasteiger charge is 2.47. The van der Waals surface area contributed by atoms with Gasteiger partial charge in [0.15, 0.2) is 0 Å². The van der Waals surface area contributed by atoms with Gasteiger partial charge in [0, 0.05) is 59.1 Å². The van der Waals surface area contributed by atoms with Gasteiger partial charge in [-0.1, -0.05) is 60.7 Å². The standard InChI is InChI=1S/C32H41N3O3S/c1-32(2,3)35(39(36)37)27-17-18-28(38-4)26(20-27)21-33-30-25-16-11-19-34(22-25)31(30)29(23-12-7-5-8-13-23)24-14-9-6-10-15-24/h5-10,12-15,17-18,20,25,29-31,33H,11,16,19,21-22H2,1-4H3,(H,36,37)/p-1. The zero-order chi connectivity index (χ0) is 27.6. The van der Waals surface area contributed by atoms with E-state index in [1.165, 1.54) is 28.3 Å². The summed E-state index contributed by atoms with van der Waals surface area (Å²) in [6.45, 7) is 8.51. The van der Waals surface area contributed by atoms with Crippen LogP contribution >= 0.6 is 0 Å². The van der Waals surface area contributed by atoms with E-state index in [1.54, 1.807) is 7.11 Å². The molecule has 2 fully saturated rings. The van der Waals surface area contributed by atoms with Crippen LogP contribution in [0, 0.1) is 5.92 Å². The Bertz CT molecular complexity index is 1230. The van der Waals surface area contributed by atoms with E-state index in [4.69, 9.17) is 4.74 Å². The predicted octanol–water partition coefficient (Wildman–Crippen LogP) is 5.48. The largest absolute Gasteiger partial charge is 0.755 e. The van der Waals surface area contributed by atoms with Gasteiger partial charge in [-0.2, -0.15) is 0 Å². The van der Waals surface area contributed by atoms with Crippen LogP contribution in [-0.2, 0) is 17.8 Å². The van der Waals surface area contributed by atoms with E-state index in [0.29, 0.717) is 30.2 Å². The number of hydrogen-bond acceptors (Lipinski definition) is 5. The molecule has 0 aromatic heterocycles. The summed E-state index contributed by atoms with van der Waals surface area (Å²) in [5, 5.41) is 3.95. The molecule has 6 nitrogen and oxygen atoms in total. The van der Waals surface area contributed by atoms with Crippen molar-refractivity contribution < 1.29 is 13.5 Å². The van der Waals surface area contributed by atoms with Crippen LogP contribution < -0.4 is 14.4 Å². The first kappa shape index (κ1) is 27.8. The van der Waals surface area contributed by atoms with Crippen LogP contribution in [0.2, 0.25) is 0 Å².